The van der Waals surface area contributed by atoms with Gasteiger partial charge in [0, 0.05) is 22.5 Å². The number of amides is 2. The average Bonchev–Trinajstić information content (AvgIpc) is 3.89. The summed E-state index contributed by atoms with van der Waals surface area (Å²) in [7, 11) is 0. The van der Waals surface area contributed by atoms with E-state index in [1.807, 2.05) is 216 Å². The molecule has 2 heterocycles. The van der Waals surface area contributed by atoms with Gasteiger partial charge in [-0.2, -0.15) is 0 Å². The van der Waals surface area contributed by atoms with Crippen molar-refractivity contribution in [2.24, 2.45) is 0 Å². The Morgan fingerprint density at radius 2 is 0.733 bits per heavy atom. The van der Waals surface area contributed by atoms with Crippen molar-refractivity contribution >= 4 is 23.2 Å². The molecule has 0 aromatic heterocycles. The van der Waals surface area contributed by atoms with Crippen molar-refractivity contribution in [1.82, 2.24) is 0 Å². The summed E-state index contributed by atoms with van der Waals surface area (Å²) in [5.74, 6) is 2.62. The van der Waals surface area contributed by atoms with Crippen molar-refractivity contribution in [1.29, 1.82) is 0 Å². The number of aliphatic hydroxyl groups excluding tert-OH is 2. The maximum absolute atomic E-state index is 14.1. The van der Waals surface area contributed by atoms with Gasteiger partial charge in [-0.3, -0.25) is 19.4 Å². The summed E-state index contributed by atoms with van der Waals surface area (Å²) in [6, 6.07) is 66.3. The lowest BCUT2D eigenvalue weighted by Gasteiger charge is -2.40. The number of rotatable bonds is 18. The predicted octanol–water partition coefficient (Wildman–Crippen LogP) is 12.6. The summed E-state index contributed by atoms with van der Waals surface area (Å²) in [6.07, 6.45) is 2.76. The summed E-state index contributed by atoms with van der Waals surface area (Å²) in [5.41, 5.74) is 6.56. The molecule has 0 saturated carbocycles. The number of anilines is 2. The molecule has 2 aliphatic heterocycles. The van der Waals surface area contributed by atoms with Gasteiger partial charge in [0.2, 0.25) is 0 Å². The Kier molecular flexibility index (Phi) is 16.5. The fourth-order valence-corrected chi connectivity index (χ4v) is 9.99. The zero-order valence-electron chi connectivity index (χ0n) is 41.4. The molecule has 2 amide bonds. The number of para-hydroxylation sites is 2. The first kappa shape index (κ1) is 52.6. The molecule has 10 heteroatoms. The number of benzene rings is 8. The summed E-state index contributed by atoms with van der Waals surface area (Å²) in [4.78, 5) is 31.9. The van der Waals surface area contributed by atoms with Crippen molar-refractivity contribution < 1.29 is 38.7 Å². The van der Waals surface area contributed by atoms with Crippen LogP contribution in [0.2, 0.25) is 0 Å². The molecular weight excluding hydrogens is 937 g/mol. The highest BCUT2D eigenvalue weighted by atomic mass is 16.5. The third-order valence-corrected chi connectivity index (χ3v) is 13.2. The first-order valence-electron chi connectivity index (χ1n) is 24.6. The summed E-state index contributed by atoms with van der Waals surface area (Å²) < 4.78 is 23.1. The highest BCUT2D eigenvalue weighted by Crippen LogP contribution is 2.53. The van der Waals surface area contributed by atoms with Crippen LogP contribution in [0.1, 0.15) is 75.4 Å². The van der Waals surface area contributed by atoms with E-state index in [0.717, 1.165) is 56.3 Å². The number of ether oxygens (including phenoxy) is 4. The van der Waals surface area contributed by atoms with Gasteiger partial charge in [0.25, 0.3) is 11.8 Å². The molecule has 0 saturated heterocycles. The quantitative estimate of drug-likeness (QED) is 0.0816. The normalized spacial score (nSPS) is 15.7. The van der Waals surface area contributed by atoms with Crippen LogP contribution in [0, 0.1) is 0 Å². The maximum atomic E-state index is 14.1. The molecule has 2 atom stereocenters. The molecule has 10 nitrogen and oxygen atoms in total. The molecule has 75 heavy (non-hydrogen) atoms. The number of carbonyl (C=O) groups excluding carboxylic acids is 2. The Bertz CT molecular complexity index is 3090. The molecule has 0 radical (unpaired) electrons. The van der Waals surface area contributed by atoms with Crippen LogP contribution in [0.4, 0.5) is 11.4 Å². The molecule has 10 rings (SSSR count). The Labute approximate surface area is 440 Å². The summed E-state index contributed by atoms with van der Waals surface area (Å²) >= 11 is 0. The Morgan fingerprint density at radius 1 is 0.440 bits per heavy atom. The van der Waals surface area contributed by atoms with Gasteiger partial charge in [-0.15, -0.1) is 0 Å². The molecule has 0 fully saturated rings. The zero-order chi connectivity index (χ0) is 51.7. The fraction of sp³-hybridized carbons (Fsp3) is 0.169. The summed E-state index contributed by atoms with van der Waals surface area (Å²) in [5, 5.41) is 18.8. The lowest BCUT2D eigenvalue weighted by molar-refractivity contribution is 0.0978. The van der Waals surface area contributed by atoms with Crippen molar-refractivity contribution in [3.05, 3.63) is 276 Å². The van der Waals surface area contributed by atoms with E-state index in [1.54, 1.807) is 26.0 Å². The molecule has 0 aliphatic carbocycles. The van der Waals surface area contributed by atoms with E-state index in [2.05, 4.69) is 13.2 Å². The van der Waals surface area contributed by atoms with Gasteiger partial charge in [-0.05, 0) is 132 Å². The Morgan fingerprint density at radius 3 is 1.04 bits per heavy atom. The van der Waals surface area contributed by atoms with Crippen LogP contribution < -0.4 is 28.7 Å². The van der Waals surface area contributed by atoms with Crippen LogP contribution in [-0.4, -0.2) is 60.7 Å². The monoisotopic (exact) mass is 998 g/mol. The van der Waals surface area contributed by atoms with Gasteiger partial charge in [-0.1, -0.05) is 154 Å². The van der Waals surface area contributed by atoms with E-state index >= 15 is 0 Å². The average molecular weight is 999 g/mol. The van der Waals surface area contributed by atoms with Crippen LogP contribution in [0.5, 0.6) is 23.0 Å². The van der Waals surface area contributed by atoms with Crippen LogP contribution in [0.25, 0.3) is 0 Å². The SMILES string of the molecule is C.C=CCOc1ccc(C2(c3ccc(OCC=C)cc3)c3ccccc3C(=O)N2c2ccccc2)cc1.CC(CO)Oc1ccc(C2(c3ccc(OC(C)CO)cc3)c3ccccc3C(=O)N2c2ccccc2)cc1. The molecular formula is C65H62N2O8. The van der Waals surface area contributed by atoms with Crippen LogP contribution in [0.15, 0.2) is 232 Å². The molecule has 0 spiro atoms. The molecule has 380 valence electrons. The second-order valence-corrected chi connectivity index (χ2v) is 18.0. The van der Waals surface area contributed by atoms with E-state index in [4.69, 9.17) is 18.9 Å². The van der Waals surface area contributed by atoms with Gasteiger partial charge >= 0.3 is 0 Å². The van der Waals surface area contributed by atoms with Crippen molar-refractivity contribution in [3.63, 3.8) is 0 Å². The second kappa shape index (κ2) is 23.4. The third kappa shape index (κ3) is 10.1. The molecule has 8 aromatic rings. The standard InChI is InChI=1S/C32H31NO5.C32H27NO3.CH4/c1-22(20-34)37-27-16-12-24(13-17-27)32(25-14-18-28(19-15-25)38-23(2)21-35)30-11-7-6-10-29(30)31(36)33(32)26-8-4-3-5-9-26;1-3-22-35-27-18-14-24(15-19-27)32(25-16-20-28(21-17-25)36-23-4-2)30-13-9-8-12-29(30)31(34)33(32)26-10-6-5-7-11-26;/h3-19,22-23,34-35H,20-21H2,1-2H3;3-21H,1-2,22-23H2;1H4. The highest BCUT2D eigenvalue weighted by molar-refractivity contribution is 6.14. The van der Waals surface area contributed by atoms with Crippen LogP contribution in [-0.2, 0) is 11.1 Å². The van der Waals surface area contributed by atoms with Gasteiger partial charge < -0.3 is 29.2 Å². The zero-order valence-corrected chi connectivity index (χ0v) is 41.4. The maximum Gasteiger partial charge on any atom is 0.260 e. The predicted molar refractivity (Wildman–Crippen MR) is 297 cm³/mol. The number of nitrogens with zero attached hydrogens (tertiary/aromatic N) is 2. The molecule has 2 aliphatic rings. The first-order chi connectivity index (χ1) is 36.2. The number of fused-ring (bicyclic) bond motifs is 2. The van der Waals surface area contributed by atoms with Crippen LogP contribution >= 0.6 is 0 Å². The van der Waals surface area contributed by atoms with Gasteiger partial charge in [0.05, 0.1) is 13.2 Å². The van der Waals surface area contributed by atoms with Gasteiger partial charge in [0.15, 0.2) is 0 Å². The largest absolute Gasteiger partial charge is 0.490 e. The van der Waals surface area contributed by atoms with E-state index in [0.29, 0.717) is 35.8 Å². The van der Waals surface area contributed by atoms with Crippen molar-refractivity contribution in [3.8, 4) is 23.0 Å². The lowest BCUT2D eigenvalue weighted by Crippen LogP contribution is -2.46. The van der Waals surface area contributed by atoms with Crippen molar-refractivity contribution in [2.75, 3.05) is 36.2 Å². The number of aliphatic hydroxyl groups is 2. The molecule has 2 unspecified atom stereocenters. The Hall–Kier alpha value is -8.70. The minimum absolute atomic E-state index is 0. The second-order valence-electron chi connectivity index (χ2n) is 18.0. The molecule has 0 bridgehead atoms. The fourth-order valence-electron chi connectivity index (χ4n) is 9.99. The van der Waals surface area contributed by atoms with E-state index in [-0.39, 0.29) is 44.7 Å². The first-order valence-corrected chi connectivity index (χ1v) is 24.6. The number of carbonyl (C=O) groups is 2. The minimum atomic E-state index is -0.961. The van der Waals surface area contributed by atoms with E-state index < -0.39 is 11.1 Å². The van der Waals surface area contributed by atoms with Crippen LogP contribution in [0.3, 0.4) is 0 Å². The lowest BCUT2D eigenvalue weighted by atomic mass is 9.76. The number of hydrogen-bond donors (Lipinski definition) is 2. The van der Waals surface area contributed by atoms with Crippen molar-refractivity contribution in [2.45, 2.75) is 44.6 Å². The number of hydrogen-bond acceptors (Lipinski definition) is 8. The van der Waals surface area contributed by atoms with E-state index in [1.165, 1.54) is 0 Å². The molecule has 2 N–H and O–H groups in total. The van der Waals surface area contributed by atoms with Gasteiger partial charge in [-0.25, -0.2) is 0 Å². The smallest absolute Gasteiger partial charge is 0.260 e. The highest BCUT2D eigenvalue weighted by Gasteiger charge is 2.54. The summed E-state index contributed by atoms with van der Waals surface area (Å²) in [6.45, 7) is 11.7. The minimum Gasteiger partial charge on any atom is -0.490 e. The third-order valence-electron chi connectivity index (χ3n) is 13.2. The van der Waals surface area contributed by atoms with Gasteiger partial charge in [0.1, 0.15) is 59.5 Å². The molecule has 8 aromatic carbocycles. The Balaban J connectivity index is 0.000000197. The van der Waals surface area contributed by atoms with E-state index in [9.17, 15) is 19.8 Å². The topological polar surface area (TPSA) is 118 Å².